The number of imidazole rings is 1. The highest BCUT2D eigenvalue weighted by Gasteiger charge is 2.19. The Hall–Kier alpha value is -6.47. The molecular weight excluding hydrogens is 780 g/mol. The average molecular weight is 823 g/mol. The second kappa shape index (κ2) is 22.9. The molecule has 0 amide bonds. The van der Waals surface area contributed by atoms with E-state index in [2.05, 4.69) is 37.0 Å². The van der Waals surface area contributed by atoms with E-state index < -0.39 is 22.6 Å². The van der Waals surface area contributed by atoms with E-state index >= 15 is 0 Å². The van der Waals surface area contributed by atoms with E-state index in [1.54, 1.807) is 38.3 Å². The van der Waals surface area contributed by atoms with E-state index in [0.29, 0.717) is 42.2 Å². The predicted molar refractivity (Wildman–Crippen MR) is 207 cm³/mol. The Balaban J connectivity index is 0.000000657. The van der Waals surface area contributed by atoms with E-state index in [0.717, 1.165) is 60.0 Å². The van der Waals surface area contributed by atoms with Crippen LogP contribution in [-0.4, -0.2) is 72.7 Å². The minimum Gasteiger partial charge on any atom is -0.429 e. The maximum atomic E-state index is 12.4. The molecule has 0 bridgehead atoms. The van der Waals surface area contributed by atoms with Crippen molar-refractivity contribution < 1.29 is 43.6 Å². The van der Waals surface area contributed by atoms with Gasteiger partial charge in [-0.1, -0.05) is 97.7 Å². The number of hydrogen-bond acceptors (Lipinski definition) is 15. The van der Waals surface area contributed by atoms with Gasteiger partial charge in [0.1, 0.15) is 24.7 Å². The van der Waals surface area contributed by atoms with Crippen molar-refractivity contribution in [3.05, 3.63) is 126 Å². The molecule has 0 aliphatic carbocycles. The van der Waals surface area contributed by atoms with Crippen molar-refractivity contribution in [2.75, 3.05) is 20.3 Å². The van der Waals surface area contributed by atoms with E-state index in [1.807, 2.05) is 53.1 Å². The largest absolute Gasteiger partial charge is 0.510 e. The fourth-order valence-electron chi connectivity index (χ4n) is 5.47. The number of unbranched alkanes of at least 4 members (excludes halogenated alkanes) is 2. The lowest BCUT2D eigenvalue weighted by atomic mass is 9.98. The van der Waals surface area contributed by atoms with Gasteiger partial charge in [0.2, 0.25) is 12.1 Å². The smallest absolute Gasteiger partial charge is 0.429 e. The van der Waals surface area contributed by atoms with Gasteiger partial charge >= 0.3 is 6.16 Å². The Morgan fingerprint density at radius 3 is 2.26 bits per heavy atom. The van der Waals surface area contributed by atoms with Crippen LogP contribution in [0.25, 0.3) is 22.5 Å². The van der Waals surface area contributed by atoms with Crippen molar-refractivity contribution in [1.29, 1.82) is 0 Å². The topological polar surface area (TPSA) is 228 Å². The van der Waals surface area contributed by atoms with E-state index in [4.69, 9.17) is 25.8 Å². The minimum absolute atomic E-state index is 0.117. The Morgan fingerprint density at radius 1 is 0.897 bits per heavy atom. The molecule has 308 valence electrons. The number of methoxy groups -OCH3 is 1. The van der Waals surface area contributed by atoms with Gasteiger partial charge in [0, 0.05) is 32.2 Å². The number of aryl methyl sites for hydroxylation is 1. The van der Waals surface area contributed by atoms with Gasteiger partial charge in [0.25, 0.3) is 10.2 Å². The lowest BCUT2D eigenvalue weighted by Gasteiger charge is -2.12. The van der Waals surface area contributed by atoms with Gasteiger partial charge in [0.05, 0.1) is 6.61 Å². The fourth-order valence-corrected chi connectivity index (χ4v) is 5.72. The first-order chi connectivity index (χ1) is 28.0. The van der Waals surface area contributed by atoms with Crippen molar-refractivity contribution in [2.24, 2.45) is 0 Å². The summed E-state index contributed by atoms with van der Waals surface area (Å²) in [4.78, 5) is 58.2. The molecule has 19 nitrogen and oxygen atoms in total. The molecule has 0 saturated carbocycles. The molecule has 58 heavy (non-hydrogen) atoms. The number of rotatable bonds is 21. The molecule has 0 saturated heterocycles. The highest BCUT2D eigenvalue weighted by Crippen LogP contribution is 2.31. The maximum Gasteiger partial charge on any atom is 0.510 e. The summed E-state index contributed by atoms with van der Waals surface area (Å²) >= 11 is 6.25. The van der Waals surface area contributed by atoms with Crippen molar-refractivity contribution in [1.82, 2.24) is 29.8 Å². The average Bonchev–Trinajstić information content (AvgIpc) is 3.83. The van der Waals surface area contributed by atoms with Crippen LogP contribution in [0.4, 0.5) is 4.79 Å². The zero-order chi connectivity index (χ0) is 41.9. The summed E-state index contributed by atoms with van der Waals surface area (Å²) in [7, 11) is 1.59. The summed E-state index contributed by atoms with van der Waals surface area (Å²) in [6.45, 7) is 4.58. The molecule has 0 N–H and O–H groups in total. The number of ether oxygens (including phenoxy) is 3. The first-order valence-corrected chi connectivity index (χ1v) is 18.5. The molecule has 0 spiro atoms. The molecular formula is C38H43ClN8O11. The molecule has 5 rings (SSSR count). The second-order valence-electron chi connectivity index (χ2n) is 12.5. The van der Waals surface area contributed by atoms with Crippen LogP contribution in [-0.2, 0) is 50.1 Å². The van der Waals surface area contributed by atoms with Crippen LogP contribution in [0.3, 0.4) is 0 Å². The van der Waals surface area contributed by atoms with Gasteiger partial charge in [0.15, 0.2) is 11.4 Å². The van der Waals surface area contributed by atoms with Crippen LogP contribution >= 0.6 is 11.6 Å². The van der Waals surface area contributed by atoms with Gasteiger partial charge < -0.3 is 28.5 Å². The predicted octanol–water partition coefficient (Wildman–Crippen LogP) is 7.26. The summed E-state index contributed by atoms with van der Waals surface area (Å²) in [5.74, 6) is 1.11. The van der Waals surface area contributed by atoms with E-state index in [9.17, 15) is 29.8 Å². The molecule has 2 aromatic heterocycles. The summed E-state index contributed by atoms with van der Waals surface area (Å²) in [6.07, 6.45) is 2.99. The van der Waals surface area contributed by atoms with Crippen LogP contribution < -0.4 is 0 Å². The third-order valence-electron chi connectivity index (χ3n) is 8.32. The first kappa shape index (κ1) is 44.2. The summed E-state index contributed by atoms with van der Waals surface area (Å²) in [5, 5.41) is 31.3. The van der Waals surface area contributed by atoms with E-state index in [-0.39, 0.29) is 25.0 Å². The van der Waals surface area contributed by atoms with Crippen molar-refractivity contribution in [3.63, 3.8) is 0 Å². The number of tetrazole rings is 1. The molecule has 0 aliphatic heterocycles. The molecule has 0 aliphatic rings. The number of aromatic nitrogens is 6. The quantitative estimate of drug-likeness (QED) is 0.0233. The Bertz CT molecular complexity index is 2110. The van der Waals surface area contributed by atoms with Gasteiger partial charge in [-0.25, -0.2) is 9.78 Å². The van der Waals surface area contributed by atoms with Crippen LogP contribution in [0.15, 0.2) is 72.8 Å². The highest BCUT2D eigenvalue weighted by atomic mass is 35.5. The second-order valence-corrected chi connectivity index (χ2v) is 12.9. The SMILES string of the molecule is CCCCc1nc(Cl)c(C=O)n1Cc1ccc(-c2ccccc2-c2nnn(C(C)OC(=O)OCc3cccc(CO[N+](=O)[O-])c3)n2)cc1.COCCCCO[N+](=O)[O-]. The number of nitrogens with zero attached hydrogens (tertiary/aromatic N) is 8. The van der Waals surface area contributed by atoms with E-state index in [1.165, 1.54) is 4.80 Å². The van der Waals surface area contributed by atoms with Gasteiger partial charge in [-0.05, 0) is 59.2 Å². The number of carbonyl (C=O) groups is 2. The minimum atomic E-state index is -0.954. The van der Waals surface area contributed by atoms with Crippen molar-refractivity contribution in [2.45, 2.75) is 71.9 Å². The van der Waals surface area contributed by atoms with Gasteiger partial charge in [-0.15, -0.1) is 35.2 Å². The van der Waals surface area contributed by atoms with Crippen LogP contribution in [0.5, 0.6) is 0 Å². The summed E-state index contributed by atoms with van der Waals surface area (Å²) in [5.41, 5.74) is 5.00. The zero-order valence-electron chi connectivity index (χ0n) is 32.1. The molecule has 20 heteroatoms. The summed E-state index contributed by atoms with van der Waals surface area (Å²) in [6, 6.07) is 22.2. The standard InChI is InChI=1S/C33H32ClN7O7.C5H11NO4/c1-3-4-12-30-35-31(34)29(19-42)39(30)18-23-13-15-26(16-14-23)27-10-5-6-11-28(27)32-36-38-40(37-32)22(2)48-33(43)46-20-24-8-7-9-25(17-24)21-47-41(44)45;1-9-4-2-3-5-10-6(7)8/h5-11,13-17,19,22H,3-4,12,18,20-21H2,1-2H3;2-5H2,1H3. The highest BCUT2D eigenvalue weighted by molar-refractivity contribution is 6.31. The number of benzene rings is 3. The number of aldehydes is 1. The molecule has 2 heterocycles. The molecule has 1 atom stereocenters. The maximum absolute atomic E-state index is 12.4. The van der Waals surface area contributed by atoms with Crippen LogP contribution in [0, 0.1) is 20.2 Å². The Kier molecular flexibility index (Phi) is 17.5. The number of halogens is 1. The zero-order valence-corrected chi connectivity index (χ0v) is 32.9. The molecule has 0 fully saturated rings. The Morgan fingerprint density at radius 2 is 1.59 bits per heavy atom. The lowest BCUT2D eigenvalue weighted by molar-refractivity contribution is -0.763. The molecule has 5 aromatic rings. The van der Waals surface area contributed by atoms with Crippen LogP contribution in [0.2, 0.25) is 5.15 Å². The number of carbonyl (C=O) groups excluding carboxylic acids is 2. The van der Waals surface area contributed by atoms with Gasteiger partial charge in [-0.3, -0.25) is 4.79 Å². The molecule has 3 aromatic carbocycles. The van der Waals surface area contributed by atoms with Crippen LogP contribution in [0.1, 0.15) is 78.8 Å². The number of hydrogen-bond donors (Lipinski definition) is 0. The molecule has 0 radical (unpaired) electrons. The lowest BCUT2D eigenvalue weighted by Crippen LogP contribution is -2.18. The first-order valence-electron chi connectivity index (χ1n) is 18.2. The normalized spacial score (nSPS) is 11.2. The van der Waals surface area contributed by atoms with Crippen molar-refractivity contribution in [3.8, 4) is 22.5 Å². The monoisotopic (exact) mass is 822 g/mol. The fraction of sp³-hybridized carbons (Fsp3) is 0.368. The van der Waals surface area contributed by atoms with Crippen molar-refractivity contribution >= 4 is 24.0 Å². The summed E-state index contributed by atoms with van der Waals surface area (Å²) < 4.78 is 17.1. The Labute approximate surface area is 338 Å². The molecule has 1 unspecified atom stereocenters. The third kappa shape index (κ3) is 13.6. The van der Waals surface area contributed by atoms with Gasteiger partial charge in [-0.2, -0.15) is 0 Å². The third-order valence-corrected chi connectivity index (χ3v) is 8.60.